The Balaban J connectivity index is 1.72. The van der Waals surface area contributed by atoms with E-state index in [-0.39, 0.29) is 12.5 Å². The average molecular weight is 366 g/mol. The molecule has 7 nitrogen and oxygen atoms in total. The van der Waals surface area contributed by atoms with Crippen molar-refractivity contribution in [2.24, 2.45) is 0 Å². The van der Waals surface area contributed by atoms with Crippen molar-refractivity contribution >= 4 is 11.6 Å². The molecule has 0 saturated carbocycles. The van der Waals surface area contributed by atoms with Crippen molar-refractivity contribution in [3.63, 3.8) is 0 Å². The summed E-state index contributed by atoms with van der Waals surface area (Å²) in [4.78, 5) is 28.2. The average Bonchev–Trinajstić information content (AvgIpc) is 3.03. The lowest BCUT2D eigenvalue weighted by Crippen LogP contribution is -2.32. The van der Waals surface area contributed by atoms with Crippen LogP contribution in [0.3, 0.4) is 0 Å². The second-order valence-corrected chi connectivity index (χ2v) is 6.53. The van der Waals surface area contributed by atoms with Gasteiger partial charge in [-0.3, -0.25) is 9.32 Å². The number of anilines is 1. The predicted molar refractivity (Wildman–Crippen MR) is 103 cm³/mol. The lowest BCUT2D eigenvalue weighted by molar-refractivity contribution is -0.131. The number of amides is 1. The van der Waals surface area contributed by atoms with Gasteiger partial charge in [0.1, 0.15) is 6.54 Å². The fraction of sp³-hybridized carbons (Fsp3) is 0.250. The largest absolute Gasteiger partial charge is 0.442 e. The van der Waals surface area contributed by atoms with Crippen LogP contribution < -0.4 is 10.7 Å². The minimum absolute atomic E-state index is 0.126. The van der Waals surface area contributed by atoms with E-state index in [9.17, 15) is 9.59 Å². The van der Waals surface area contributed by atoms with Gasteiger partial charge in [-0.25, -0.2) is 9.36 Å². The Morgan fingerprint density at radius 3 is 2.33 bits per heavy atom. The summed E-state index contributed by atoms with van der Waals surface area (Å²) in [7, 11) is 5.67. The molecule has 0 aliphatic carbocycles. The Bertz CT molecular complexity index is 959. The van der Waals surface area contributed by atoms with Crippen LogP contribution in [0.1, 0.15) is 5.56 Å². The zero-order valence-electron chi connectivity index (χ0n) is 15.6. The number of likely N-dealkylation sites (N-methyl/N-ethyl adjacent to an activating group) is 1. The molecule has 0 N–H and O–H groups in total. The standard InChI is InChI=1S/C20H22N4O3/c1-22(2)17-11-9-15(10-12-17)13-23(3)18(25)14-24-19(21-27-20(24)26)16-7-5-4-6-8-16/h4-12H,13-14H2,1-3H3. The Labute approximate surface area is 157 Å². The molecule has 1 aromatic heterocycles. The summed E-state index contributed by atoms with van der Waals surface area (Å²) in [5, 5.41) is 3.81. The van der Waals surface area contributed by atoms with Gasteiger partial charge in [-0.05, 0) is 17.7 Å². The first kappa shape index (κ1) is 18.4. The monoisotopic (exact) mass is 366 g/mol. The molecule has 0 atom stereocenters. The highest BCUT2D eigenvalue weighted by molar-refractivity contribution is 5.76. The number of hydrogen-bond donors (Lipinski definition) is 0. The minimum Gasteiger partial charge on any atom is -0.378 e. The van der Waals surface area contributed by atoms with Crippen LogP contribution >= 0.6 is 0 Å². The van der Waals surface area contributed by atoms with E-state index in [1.165, 1.54) is 4.57 Å². The quantitative estimate of drug-likeness (QED) is 0.669. The smallest absolute Gasteiger partial charge is 0.378 e. The van der Waals surface area contributed by atoms with Crippen LogP contribution in [0.15, 0.2) is 63.9 Å². The van der Waals surface area contributed by atoms with Gasteiger partial charge in [0, 0.05) is 38.9 Å². The van der Waals surface area contributed by atoms with Gasteiger partial charge in [0.2, 0.25) is 5.91 Å². The van der Waals surface area contributed by atoms with E-state index < -0.39 is 5.76 Å². The van der Waals surface area contributed by atoms with Crippen LogP contribution in [0.25, 0.3) is 11.4 Å². The van der Waals surface area contributed by atoms with Crippen molar-refractivity contribution in [1.82, 2.24) is 14.6 Å². The normalized spacial score (nSPS) is 10.6. The topological polar surface area (TPSA) is 71.6 Å². The molecule has 3 aromatic rings. The first-order valence-corrected chi connectivity index (χ1v) is 8.58. The third kappa shape index (κ3) is 4.25. The summed E-state index contributed by atoms with van der Waals surface area (Å²) in [6.07, 6.45) is 0. The maximum absolute atomic E-state index is 12.6. The van der Waals surface area contributed by atoms with Crippen LogP contribution in [0.2, 0.25) is 0 Å². The van der Waals surface area contributed by atoms with E-state index in [1.807, 2.05) is 73.6 Å². The van der Waals surface area contributed by atoms with Gasteiger partial charge >= 0.3 is 5.76 Å². The lowest BCUT2D eigenvalue weighted by Gasteiger charge is -2.18. The summed E-state index contributed by atoms with van der Waals surface area (Å²) in [6.45, 7) is 0.325. The fourth-order valence-corrected chi connectivity index (χ4v) is 2.72. The van der Waals surface area contributed by atoms with Crippen molar-refractivity contribution in [3.05, 3.63) is 70.7 Å². The van der Waals surface area contributed by atoms with E-state index in [2.05, 4.69) is 5.16 Å². The maximum Gasteiger partial charge on any atom is 0.442 e. The van der Waals surface area contributed by atoms with E-state index in [0.29, 0.717) is 12.4 Å². The van der Waals surface area contributed by atoms with Gasteiger partial charge in [0.25, 0.3) is 0 Å². The second kappa shape index (κ2) is 7.90. The summed E-state index contributed by atoms with van der Waals surface area (Å²) >= 11 is 0. The highest BCUT2D eigenvalue weighted by Crippen LogP contribution is 2.16. The highest BCUT2D eigenvalue weighted by atomic mass is 16.5. The number of aromatic nitrogens is 2. The maximum atomic E-state index is 12.6. The Morgan fingerprint density at radius 2 is 1.70 bits per heavy atom. The highest BCUT2D eigenvalue weighted by Gasteiger charge is 2.18. The Hall–Kier alpha value is -3.35. The lowest BCUT2D eigenvalue weighted by atomic mass is 10.2. The Morgan fingerprint density at radius 1 is 1.04 bits per heavy atom. The molecule has 0 fully saturated rings. The third-order valence-corrected chi connectivity index (χ3v) is 4.31. The number of rotatable bonds is 6. The summed E-state index contributed by atoms with van der Waals surface area (Å²) in [5.41, 5.74) is 2.83. The van der Waals surface area contributed by atoms with Gasteiger partial charge in [-0.15, -0.1) is 0 Å². The molecule has 7 heteroatoms. The molecule has 1 amide bonds. The van der Waals surface area contributed by atoms with E-state index in [0.717, 1.165) is 16.8 Å². The molecule has 0 bridgehead atoms. The molecular weight excluding hydrogens is 344 g/mol. The number of hydrogen-bond acceptors (Lipinski definition) is 5. The Kier molecular flexibility index (Phi) is 5.40. The van der Waals surface area contributed by atoms with Gasteiger partial charge in [0.15, 0.2) is 5.82 Å². The molecule has 0 aliphatic heterocycles. The zero-order valence-corrected chi connectivity index (χ0v) is 15.6. The number of carbonyl (C=O) groups excluding carboxylic acids is 1. The zero-order chi connectivity index (χ0) is 19.4. The van der Waals surface area contributed by atoms with Gasteiger partial charge in [0.05, 0.1) is 0 Å². The fourth-order valence-electron chi connectivity index (χ4n) is 2.72. The molecule has 2 aromatic carbocycles. The molecule has 0 radical (unpaired) electrons. The summed E-state index contributed by atoms with van der Waals surface area (Å²) in [6, 6.07) is 17.2. The molecule has 27 heavy (non-hydrogen) atoms. The van der Waals surface area contributed by atoms with Crippen molar-refractivity contribution in [1.29, 1.82) is 0 Å². The van der Waals surface area contributed by atoms with Crippen LogP contribution in [-0.4, -0.2) is 41.7 Å². The van der Waals surface area contributed by atoms with Crippen LogP contribution in [0.5, 0.6) is 0 Å². The molecular formula is C20H22N4O3. The van der Waals surface area contributed by atoms with Gasteiger partial charge in [-0.2, -0.15) is 0 Å². The first-order chi connectivity index (χ1) is 13.0. The molecule has 140 valence electrons. The molecule has 3 rings (SSSR count). The van der Waals surface area contributed by atoms with Crippen molar-refractivity contribution in [2.75, 3.05) is 26.0 Å². The number of nitrogens with zero attached hydrogens (tertiary/aromatic N) is 4. The third-order valence-electron chi connectivity index (χ3n) is 4.31. The van der Waals surface area contributed by atoms with Gasteiger partial charge < -0.3 is 9.80 Å². The van der Waals surface area contributed by atoms with Crippen molar-refractivity contribution in [2.45, 2.75) is 13.1 Å². The minimum atomic E-state index is -0.647. The van der Waals surface area contributed by atoms with E-state index >= 15 is 0 Å². The number of carbonyl (C=O) groups is 1. The molecule has 0 spiro atoms. The molecule has 0 aliphatic rings. The van der Waals surface area contributed by atoms with Gasteiger partial charge in [-0.1, -0.05) is 47.6 Å². The SMILES string of the molecule is CN(Cc1ccc(N(C)C)cc1)C(=O)Cn1c(-c2ccccc2)noc1=O. The summed E-state index contributed by atoms with van der Waals surface area (Å²) in [5.74, 6) is -0.502. The molecule has 1 heterocycles. The van der Waals surface area contributed by atoms with Crippen molar-refractivity contribution < 1.29 is 9.32 Å². The molecule has 0 unspecified atom stereocenters. The second-order valence-electron chi connectivity index (χ2n) is 6.53. The van der Waals surface area contributed by atoms with Crippen LogP contribution in [-0.2, 0) is 17.9 Å². The van der Waals surface area contributed by atoms with E-state index in [1.54, 1.807) is 11.9 Å². The van der Waals surface area contributed by atoms with Crippen LogP contribution in [0, 0.1) is 0 Å². The predicted octanol–water partition coefficient (Wildman–Crippen LogP) is 2.23. The van der Waals surface area contributed by atoms with E-state index in [4.69, 9.17) is 4.52 Å². The first-order valence-electron chi connectivity index (χ1n) is 8.58. The van der Waals surface area contributed by atoms with Crippen LogP contribution in [0.4, 0.5) is 5.69 Å². The number of benzene rings is 2. The summed E-state index contributed by atoms with van der Waals surface area (Å²) < 4.78 is 6.02. The molecule has 0 saturated heterocycles. The van der Waals surface area contributed by atoms with Crippen molar-refractivity contribution in [3.8, 4) is 11.4 Å².